The van der Waals surface area contributed by atoms with Crippen molar-refractivity contribution in [2.75, 3.05) is 0 Å². The highest BCUT2D eigenvalue weighted by Crippen LogP contribution is 2.29. The van der Waals surface area contributed by atoms with Crippen LogP contribution in [-0.4, -0.2) is 27.9 Å². The van der Waals surface area contributed by atoms with Crippen molar-refractivity contribution in [3.05, 3.63) is 30.1 Å². The monoisotopic (exact) mass is 303 g/mol. The first-order valence-electron chi connectivity index (χ1n) is 7.89. The zero-order chi connectivity index (χ0) is 16.2. The third kappa shape index (κ3) is 4.06. The number of pyridine rings is 1. The molecule has 0 bridgehead atoms. The normalized spacial score (nSPS) is 17.6. The van der Waals surface area contributed by atoms with Crippen molar-refractivity contribution >= 4 is 11.8 Å². The second-order valence-electron chi connectivity index (χ2n) is 7.02. The fourth-order valence-electron chi connectivity index (χ4n) is 2.80. The first-order valence-corrected chi connectivity index (χ1v) is 7.89. The van der Waals surface area contributed by atoms with Crippen molar-refractivity contribution in [2.45, 2.75) is 64.0 Å². The summed E-state index contributed by atoms with van der Waals surface area (Å²) in [7, 11) is 0. The molecule has 2 N–H and O–H groups in total. The molecule has 2 rings (SSSR count). The van der Waals surface area contributed by atoms with Crippen LogP contribution in [-0.2, 0) is 4.79 Å². The average Bonchev–Trinajstić information content (AvgIpc) is 2.47. The van der Waals surface area contributed by atoms with Gasteiger partial charge in [0.1, 0.15) is 11.2 Å². The Hall–Kier alpha value is -1.91. The molecule has 120 valence electrons. The number of aromatic nitrogens is 1. The highest BCUT2D eigenvalue weighted by molar-refractivity contribution is 5.98. The Kier molecular flexibility index (Phi) is 4.84. The Morgan fingerprint density at radius 3 is 2.36 bits per heavy atom. The summed E-state index contributed by atoms with van der Waals surface area (Å²) >= 11 is 0. The van der Waals surface area contributed by atoms with E-state index in [0.29, 0.717) is 18.5 Å². The van der Waals surface area contributed by atoms with E-state index in [1.165, 1.54) is 0 Å². The fraction of sp³-hybridized carbons (Fsp3) is 0.588. The molecular formula is C17H25N3O2. The van der Waals surface area contributed by atoms with Crippen LogP contribution >= 0.6 is 0 Å². The van der Waals surface area contributed by atoms with Crippen LogP contribution in [0.15, 0.2) is 24.4 Å². The van der Waals surface area contributed by atoms with Crippen molar-refractivity contribution in [1.29, 1.82) is 0 Å². The summed E-state index contributed by atoms with van der Waals surface area (Å²) in [4.78, 5) is 29.3. The molecule has 5 heteroatoms. The fourth-order valence-corrected chi connectivity index (χ4v) is 2.80. The summed E-state index contributed by atoms with van der Waals surface area (Å²) in [5.41, 5.74) is -0.798. The van der Waals surface area contributed by atoms with Gasteiger partial charge in [-0.25, -0.2) is 0 Å². The average molecular weight is 303 g/mol. The molecule has 1 fully saturated rings. The number of carbonyl (C=O) groups is 2. The van der Waals surface area contributed by atoms with Gasteiger partial charge >= 0.3 is 0 Å². The summed E-state index contributed by atoms with van der Waals surface area (Å²) < 4.78 is 0. The Labute approximate surface area is 131 Å². The van der Waals surface area contributed by atoms with Crippen molar-refractivity contribution in [3.8, 4) is 0 Å². The van der Waals surface area contributed by atoms with Crippen LogP contribution in [0.1, 0.15) is 63.4 Å². The summed E-state index contributed by atoms with van der Waals surface area (Å²) in [5.74, 6) is -0.379. The van der Waals surface area contributed by atoms with Crippen molar-refractivity contribution in [2.24, 2.45) is 0 Å². The van der Waals surface area contributed by atoms with E-state index >= 15 is 0 Å². The van der Waals surface area contributed by atoms with Crippen LogP contribution in [0, 0.1) is 0 Å². The topological polar surface area (TPSA) is 71.1 Å². The number of amides is 2. The van der Waals surface area contributed by atoms with Crippen LogP contribution < -0.4 is 10.6 Å². The van der Waals surface area contributed by atoms with Gasteiger partial charge in [-0.3, -0.25) is 14.6 Å². The standard InChI is InChI=1S/C17H25N3O2/c1-16(2,3)20-15(22)17(10-6-4-7-11-17)19-14(21)13-9-5-8-12-18-13/h5,8-9,12H,4,6-7,10-11H2,1-3H3,(H,19,21)(H,20,22). The third-order valence-corrected chi connectivity index (χ3v) is 3.88. The minimum absolute atomic E-state index is 0.0935. The van der Waals surface area contributed by atoms with Gasteiger partial charge in [0.05, 0.1) is 0 Å². The quantitative estimate of drug-likeness (QED) is 0.901. The Bertz CT molecular complexity index is 529. The first kappa shape index (κ1) is 16.5. The van der Waals surface area contributed by atoms with E-state index in [2.05, 4.69) is 15.6 Å². The van der Waals surface area contributed by atoms with Crippen molar-refractivity contribution < 1.29 is 9.59 Å². The van der Waals surface area contributed by atoms with Gasteiger partial charge in [-0.1, -0.05) is 25.3 Å². The van der Waals surface area contributed by atoms with Crippen LogP contribution in [0.4, 0.5) is 0 Å². The molecule has 0 atom stereocenters. The highest BCUT2D eigenvalue weighted by atomic mass is 16.2. The SMILES string of the molecule is CC(C)(C)NC(=O)C1(NC(=O)c2ccccn2)CCCCC1. The molecule has 1 saturated carbocycles. The maximum Gasteiger partial charge on any atom is 0.270 e. The van der Waals surface area contributed by atoms with E-state index in [0.717, 1.165) is 19.3 Å². The predicted octanol–water partition coefficient (Wildman–Crippen LogP) is 2.43. The van der Waals surface area contributed by atoms with Crippen LogP contribution in [0.2, 0.25) is 0 Å². The minimum atomic E-state index is -0.819. The summed E-state index contributed by atoms with van der Waals surface area (Å²) in [6.07, 6.45) is 5.92. The van der Waals surface area contributed by atoms with E-state index in [1.807, 2.05) is 20.8 Å². The van der Waals surface area contributed by atoms with Gasteiger partial charge in [0.25, 0.3) is 5.91 Å². The van der Waals surface area contributed by atoms with E-state index in [4.69, 9.17) is 0 Å². The minimum Gasteiger partial charge on any atom is -0.349 e. The molecule has 1 aromatic heterocycles. The third-order valence-electron chi connectivity index (χ3n) is 3.88. The summed E-state index contributed by atoms with van der Waals surface area (Å²) in [6.45, 7) is 5.84. The van der Waals surface area contributed by atoms with E-state index in [9.17, 15) is 9.59 Å². The first-order chi connectivity index (χ1) is 10.3. The van der Waals surface area contributed by atoms with E-state index in [1.54, 1.807) is 24.4 Å². The lowest BCUT2D eigenvalue weighted by molar-refractivity contribution is -0.130. The van der Waals surface area contributed by atoms with E-state index < -0.39 is 5.54 Å². The molecular weight excluding hydrogens is 278 g/mol. The smallest absolute Gasteiger partial charge is 0.270 e. The van der Waals surface area contributed by atoms with Crippen LogP contribution in [0.25, 0.3) is 0 Å². The molecule has 5 nitrogen and oxygen atoms in total. The molecule has 0 spiro atoms. The van der Waals surface area contributed by atoms with Gasteiger partial charge in [-0.15, -0.1) is 0 Å². The molecule has 1 aromatic rings. The molecule has 22 heavy (non-hydrogen) atoms. The molecule has 0 saturated heterocycles. The van der Waals surface area contributed by atoms with E-state index in [-0.39, 0.29) is 17.4 Å². The number of carbonyl (C=O) groups excluding carboxylic acids is 2. The lowest BCUT2D eigenvalue weighted by Gasteiger charge is -2.38. The molecule has 2 amide bonds. The van der Waals surface area contributed by atoms with Crippen LogP contribution in [0.3, 0.4) is 0 Å². The number of hydrogen-bond acceptors (Lipinski definition) is 3. The van der Waals surface area contributed by atoms with Crippen molar-refractivity contribution in [3.63, 3.8) is 0 Å². The molecule has 1 aliphatic rings. The molecule has 1 heterocycles. The highest BCUT2D eigenvalue weighted by Gasteiger charge is 2.42. The molecule has 0 unspecified atom stereocenters. The molecule has 0 aromatic carbocycles. The number of rotatable bonds is 3. The second kappa shape index (κ2) is 6.46. The van der Waals surface area contributed by atoms with Gasteiger partial charge in [0.15, 0.2) is 0 Å². The lowest BCUT2D eigenvalue weighted by Crippen LogP contribution is -2.62. The number of hydrogen-bond donors (Lipinski definition) is 2. The summed E-state index contributed by atoms with van der Waals surface area (Å²) in [6, 6.07) is 5.19. The zero-order valence-electron chi connectivity index (χ0n) is 13.6. The maximum absolute atomic E-state index is 12.8. The summed E-state index contributed by atoms with van der Waals surface area (Å²) in [5, 5.41) is 5.97. The predicted molar refractivity (Wildman–Crippen MR) is 85.4 cm³/mol. The van der Waals surface area contributed by atoms with Gasteiger partial charge in [-0.05, 0) is 45.7 Å². The van der Waals surface area contributed by atoms with Gasteiger partial charge < -0.3 is 10.6 Å². The Balaban J connectivity index is 2.19. The maximum atomic E-state index is 12.8. The second-order valence-corrected chi connectivity index (χ2v) is 7.02. The zero-order valence-corrected chi connectivity index (χ0v) is 13.6. The van der Waals surface area contributed by atoms with Crippen LogP contribution in [0.5, 0.6) is 0 Å². The van der Waals surface area contributed by atoms with Gasteiger partial charge in [0, 0.05) is 11.7 Å². The Morgan fingerprint density at radius 2 is 1.82 bits per heavy atom. The lowest BCUT2D eigenvalue weighted by atomic mass is 9.80. The van der Waals surface area contributed by atoms with Gasteiger partial charge in [0.2, 0.25) is 5.91 Å². The molecule has 0 aliphatic heterocycles. The van der Waals surface area contributed by atoms with Gasteiger partial charge in [-0.2, -0.15) is 0 Å². The van der Waals surface area contributed by atoms with Crippen molar-refractivity contribution in [1.82, 2.24) is 15.6 Å². The number of nitrogens with zero attached hydrogens (tertiary/aromatic N) is 1. The Morgan fingerprint density at radius 1 is 1.14 bits per heavy atom. The molecule has 1 aliphatic carbocycles. The molecule has 0 radical (unpaired) electrons. The largest absolute Gasteiger partial charge is 0.349 e. The number of nitrogens with one attached hydrogen (secondary N) is 2.